The average molecular weight is 341 g/mol. The fourth-order valence-electron chi connectivity index (χ4n) is 3.45. The maximum atomic E-state index is 5.60. The van der Waals surface area contributed by atoms with E-state index in [0.717, 1.165) is 45.2 Å². The zero-order chi connectivity index (χ0) is 17.8. The molecule has 0 aromatic carbocycles. The lowest BCUT2D eigenvalue weighted by Crippen LogP contribution is -2.45. The maximum absolute atomic E-state index is 5.60. The molecule has 2 N–H and O–H groups in total. The van der Waals surface area contributed by atoms with Crippen LogP contribution in [0, 0.1) is 5.41 Å². The van der Waals surface area contributed by atoms with Crippen LogP contribution in [0.5, 0.6) is 0 Å². The molecule has 0 radical (unpaired) electrons. The molecular weight excluding hydrogens is 300 g/mol. The first-order chi connectivity index (χ1) is 11.6. The van der Waals surface area contributed by atoms with Gasteiger partial charge in [-0.15, -0.1) is 0 Å². The lowest BCUT2D eigenvalue weighted by molar-refractivity contribution is 0.105. The third-order valence-electron chi connectivity index (χ3n) is 5.60. The molecule has 1 aliphatic carbocycles. The van der Waals surface area contributed by atoms with Crippen molar-refractivity contribution in [1.29, 1.82) is 0 Å². The van der Waals surface area contributed by atoms with Crippen LogP contribution in [0.25, 0.3) is 0 Å². The normalized spacial score (nSPS) is 18.8. The molecule has 0 aromatic heterocycles. The number of rotatable bonds is 11. The molecule has 0 spiro atoms. The molecule has 0 aromatic rings. The fourth-order valence-corrected chi connectivity index (χ4v) is 3.45. The second kappa shape index (κ2) is 11.7. The Balaban J connectivity index is 2.35. The maximum Gasteiger partial charge on any atom is 0.191 e. The number of nitrogens with zero attached hydrogens (tertiary/aromatic N) is 2. The number of likely N-dealkylation sites (N-methyl/N-ethyl adjacent to an activating group) is 1. The number of ether oxygens (including phenoxy) is 1. The van der Waals surface area contributed by atoms with Crippen molar-refractivity contribution in [2.75, 3.05) is 46.9 Å². The smallest absolute Gasteiger partial charge is 0.191 e. The van der Waals surface area contributed by atoms with Crippen LogP contribution in [0.2, 0.25) is 0 Å². The second-order valence-electron chi connectivity index (χ2n) is 7.24. The van der Waals surface area contributed by atoms with Gasteiger partial charge in [-0.2, -0.15) is 0 Å². The van der Waals surface area contributed by atoms with Crippen molar-refractivity contribution < 1.29 is 4.74 Å². The molecule has 142 valence electrons. The van der Waals surface area contributed by atoms with E-state index >= 15 is 0 Å². The van der Waals surface area contributed by atoms with Gasteiger partial charge in [-0.05, 0) is 52.0 Å². The second-order valence-corrected chi connectivity index (χ2v) is 7.24. The van der Waals surface area contributed by atoms with Crippen LogP contribution >= 0.6 is 0 Å². The van der Waals surface area contributed by atoms with Gasteiger partial charge in [0.25, 0.3) is 0 Å². The summed E-state index contributed by atoms with van der Waals surface area (Å²) >= 11 is 0. The third kappa shape index (κ3) is 7.39. The van der Waals surface area contributed by atoms with Crippen molar-refractivity contribution in [2.45, 2.75) is 65.3 Å². The Morgan fingerprint density at radius 1 is 1.25 bits per heavy atom. The summed E-state index contributed by atoms with van der Waals surface area (Å²) in [6.07, 6.45) is 7.65. The Bertz CT molecular complexity index is 353. The van der Waals surface area contributed by atoms with Crippen molar-refractivity contribution in [1.82, 2.24) is 15.5 Å². The first kappa shape index (κ1) is 21.2. The van der Waals surface area contributed by atoms with E-state index in [9.17, 15) is 0 Å². The van der Waals surface area contributed by atoms with E-state index in [2.05, 4.69) is 48.3 Å². The molecule has 0 aliphatic heterocycles. The predicted octanol–water partition coefficient (Wildman–Crippen LogP) is 2.87. The molecule has 1 aliphatic rings. The van der Waals surface area contributed by atoms with Gasteiger partial charge in [0.15, 0.2) is 5.96 Å². The minimum Gasteiger partial charge on any atom is -0.382 e. The minimum atomic E-state index is 0.389. The van der Waals surface area contributed by atoms with E-state index in [0.29, 0.717) is 11.5 Å². The van der Waals surface area contributed by atoms with Gasteiger partial charge in [-0.1, -0.05) is 19.8 Å². The van der Waals surface area contributed by atoms with Gasteiger partial charge in [0.05, 0.1) is 0 Å². The first-order valence-electron chi connectivity index (χ1n) is 9.79. The van der Waals surface area contributed by atoms with Crippen molar-refractivity contribution in [3.63, 3.8) is 0 Å². The molecular formula is C19H40N4O. The number of guanidine groups is 1. The molecule has 0 heterocycles. The molecule has 1 atom stereocenters. The SMILES string of the molecule is CCOCCC1(CNC(=NC)NCCN(C)C(C)CC)CCCC1. The standard InChI is InChI=1S/C19H40N4O/c1-6-17(3)23(5)14-13-21-18(20-4)22-16-19(10-8-9-11-19)12-15-24-7-2/h17H,6-16H2,1-5H3,(H2,20,21,22). The van der Waals surface area contributed by atoms with E-state index in [4.69, 9.17) is 4.74 Å². The molecule has 0 bridgehead atoms. The third-order valence-corrected chi connectivity index (χ3v) is 5.60. The minimum absolute atomic E-state index is 0.389. The average Bonchev–Trinajstić information content (AvgIpc) is 3.06. The molecule has 24 heavy (non-hydrogen) atoms. The van der Waals surface area contributed by atoms with Crippen LogP contribution in [0.4, 0.5) is 0 Å². The van der Waals surface area contributed by atoms with Gasteiger partial charge in [-0.25, -0.2) is 0 Å². The zero-order valence-electron chi connectivity index (χ0n) is 16.7. The highest BCUT2D eigenvalue weighted by molar-refractivity contribution is 5.79. The Morgan fingerprint density at radius 3 is 2.54 bits per heavy atom. The van der Waals surface area contributed by atoms with E-state index in [1.807, 2.05) is 7.05 Å². The van der Waals surface area contributed by atoms with Gasteiger partial charge >= 0.3 is 0 Å². The summed E-state index contributed by atoms with van der Waals surface area (Å²) in [5, 5.41) is 7.01. The molecule has 1 saturated carbocycles. The van der Waals surface area contributed by atoms with E-state index in [1.165, 1.54) is 32.1 Å². The van der Waals surface area contributed by atoms with Gasteiger partial charge in [-0.3, -0.25) is 4.99 Å². The molecule has 1 unspecified atom stereocenters. The molecule has 1 fully saturated rings. The summed E-state index contributed by atoms with van der Waals surface area (Å²) in [7, 11) is 4.04. The van der Waals surface area contributed by atoms with E-state index in [1.54, 1.807) is 0 Å². The summed E-state index contributed by atoms with van der Waals surface area (Å²) in [4.78, 5) is 6.77. The van der Waals surface area contributed by atoms with Crippen LogP contribution < -0.4 is 10.6 Å². The molecule has 5 nitrogen and oxygen atoms in total. The molecule has 0 saturated heterocycles. The molecule has 5 heteroatoms. The summed E-state index contributed by atoms with van der Waals surface area (Å²) in [6.45, 7) is 11.2. The van der Waals surface area contributed by atoms with Crippen LogP contribution in [-0.4, -0.2) is 63.8 Å². The highest BCUT2D eigenvalue weighted by Crippen LogP contribution is 2.40. The van der Waals surface area contributed by atoms with Crippen molar-refractivity contribution in [3.8, 4) is 0 Å². The monoisotopic (exact) mass is 340 g/mol. The molecule has 1 rings (SSSR count). The quantitative estimate of drug-likeness (QED) is 0.345. The summed E-state index contributed by atoms with van der Waals surface area (Å²) in [6, 6.07) is 0.627. The van der Waals surface area contributed by atoms with Crippen LogP contribution in [0.15, 0.2) is 4.99 Å². The summed E-state index contributed by atoms with van der Waals surface area (Å²) < 4.78 is 5.60. The first-order valence-corrected chi connectivity index (χ1v) is 9.79. The van der Waals surface area contributed by atoms with Gasteiger partial charge < -0.3 is 20.3 Å². The lowest BCUT2D eigenvalue weighted by atomic mass is 9.83. The number of nitrogens with one attached hydrogen (secondary N) is 2. The Labute approximate surface area is 149 Å². The van der Waals surface area contributed by atoms with Gasteiger partial charge in [0, 0.05) is 45.9 Å². The number of hydrogen-bond acceptors (Lipinski definition) is 3. The Hall–Kier alpha value is -0.810. The highest BCUT2D eigenvalue weighted by Gasteiger charge is 2.33. The highest BCUT2D eigenvalue weighted by atomic mass is 16.5. The molecule has 0 amide bonds. The van der Waals surface area contributed by atoms with E-state index < -0.39 is 0 Å². The van der Waals surface area contributed by atoms with Crippen molar-refractivity contribution in [3.05, 3.63) is 0 Å². The number of aliphatic imine (C=N–C) groups is 1. The zero-order valence-corrected chi connectivity index (χ0v) is 16.7. The summed E-state index contributed by atoms with van der Waals surface area (Å²) in [5.74, 6) is 0.926. The Kier molecular flexibility index (Phi) is 10.3. The largest absolute Gasteiger partial charge is 0.382 e. The van der Waals surface area contributed by atoms with Crippen LogP contribution in [0.1, 0.15) is 59.3 Å². The van der Waals surface area contributed by atoms with Crippen molar-refractivity contribution >= 4 is 5.96 Å². The predicted molar refractivity (Wildman–Crippen MR) is 104 cm³/mol. The Morgan fingerprint density at radius 2 is 1.96 bits per heavy atom. The lowest BCUT2D eigenvalue weighted by Gasteiger charge is -2.30. The topological polar surface area (TPSA) is 48.9 Å². The number of hydrogen-bond donors (Lipinski definition) is 2. The van der Waals surface area contributed by atoms with Gasteiger partial charge in [0.2, 0.25) is 0 Å². The van der Waals surface area contributed by atoms with E-state index in [-0.39, 0.29) is 0 Å². The summed E-state index contributed by atoms with van der Waals surface area (Å²) in [5.41, 5.74) is 0.389. The van der Waals surface area contributed by atoms with Crippen molar-refractivity contribution in [2.24, 2.45) is 10.4 Å². The van der Waals surface area contributed by atoms with Gasteiger partial charge in [0.1, 0.15) is 0 Å². The van der Waals surface area contributed by atoms with Crippen LogP contribution in [-0.2, 0) is 4.74 Å². The van der Waals surface area contributed by atoms with Crippen LogP contribution in [0.3, 0.4) is 0 Å². The fraction of sp³-hybridized carbons (Fsp3) is 0.947.